The minimum absolute atomic E-state index is 0.0980. The molecule has 28 heavy (non-hydrogen) atoms. The van der Waals surface area contributed by atoms with Crippen molar-refractivity contribution in [1.82, 2.24) is 9.97 Å². The molecule has 0 saturated heterocycles. The van der Waals surface area contributed by atoms with Crippen molar-refractivity contribution >= 4 is 28.0 Å². The highest BCUT2D eigenvalue weighted by molar-refractivity contribution is 5.83. The normalized spacial score (nSPS) is 10.9. The standard InChI is InChI=1S/C22H20F2N4/c23-19-12-17(28-16-7-10-25-11-8-16)13-20(24)22(19)26-9-3-4-15-14-27-21-6-2-1-5-18(15)21/h1-2,5-8,10-14,26-27H,3-4,9H2,(H,25,28). The molecule has 0 amide bonds. The van der Waals surface area contributed by atoms with Crippen molar-refractivity contribution in [2.75, 3.05) is 17.2 Å². The number of nitrogens with one attached hydrogen (secondary N) is 3. The van der Waals surface area contributed by atoms with E-state index in [9.17, 15) is 8.78 Å². The van der Waals surface area contributed by atoms with Crippen LogP contribution in [0.15, 0.2) is 67.1 Å². The van der Waals surface area contributed by atoms with Crippen LogP contribution < -0.4 is 10.6 Å². The van der Waals surface area contributed by atoms with Crippen LogP contribution in [0.2, 0.25) is 0 Å². The molecule has 0 radical (unpaired) electrons. The van der Waals surface area contributed by atoms with Gasteiger partial charge in [-0.25, -0.2) is 8.78 Å². The largest absolute Gasteiger partial charge is 0.380 e. The third-order valence-corrected chi connectivity index (χ3v) is 4.61. The first-order chi connectivity index (χ1) is 13.7. The van der Waals surface area contributed by atoms with Gasteiger partial charge >= 0.3 is 0 Å². The molecule has 4 nitrogen and oxygen atoms in total. The average Bonchev–Trinajstić information content (AvgIpc) is 3.11. The van der Waals surface area contributed by atoms with Gasteiger partial charge in [0.1, 0.15) is 5.69 Å². The van der Waals surface area contributed by atoms with Crippen LogP contribution in [0.25, 0.3) is 10.9 Å². The van der Waals surface area contributed by atoms with Gasteiger partial charge in [-0.05, 0) is 48.7 Å². The first-order valence-electron chi connectivity index (χ1n) is 9.15. The van der Waals surface area contributed by atoms with E-state index in [1.165, 1.54) is 23.1 Å². The second-order valence-electron chi connectivity index (χ2n) is 6.57. The van der Waals surface area contributed by atoms with Gasteiger partial charge < -0.3 is 15.6 Å². The number of aromatic amines is 1. The van der Waals surface area contributed by atoms with E-state index in [0.29, 0.717) is 17.9 Å². The molecule has 4 rings (SSSR count). The number of rotatable bonds is 7. The molecule has 2 heterocycles. The Morgan fingerprint density at radius 3 is 2.46 bits per heavy atom. The van der Waals surface area contributed by atoms with Crippen LogP contribution in [0.4, 0.5) is 25.8 Å². The number of para-hydroxylation sites is 1. The number of benzene rings is 2. The zero-order valence-electron chi connectivity index (χ0n) is 15.2. The van der Waals surface area contributed by atoms with Crippen LogP contribution >= 0.6 is 0 Å². The third-order valence-electron chi connectivity index (χ3n) is 4.61. The van der Waals surface area contributed by atoms with Crippen molar-refractivity contribution in [2.45, 2.75) is 12.8 Å². The lowest BCUT2D eigenvalue weighted by Gasteiger charge is -2.12. The molecule has 3 N–H and O–H groups in total. The fourth-order valence-electron chi connectivity index (χ4n) is 3.25. The third kappa shape index (κ3) is 3.96. The van der Waals surface area contributed by atoms with Gasteiger partial charge in [0.05, 0.1) is 0 Å². The summed E-state index contributed by atoms with van der Waals surface area (Å²) >= 11 is 0. The van der Waals surface area contributed by atoms with Crippen LogP contribution in [-0.4, -0.2) is 16.5 Å². The summed E-state index contributed by atoms with van der Waals surface area (Å²) in [5.41, 5.74) is 3.27. The minimum atomic E-state index is -0.622. The van der Waals surface area contributed by atoms with Crippen LogP contribution in [0.5, 0.6) is 0 Å². The van der Waals surface area contributed by atoms with Crippen LogP contribution in [0.1, 0.15) is 12.0 Å². The van der Waals surface area contributed by atoms with Gasteiger partial charge in [0.15, 0.2) is 11.6 Å². The Bertz CT molecular complexity index is 1050. The predicted octanol–water partition coefficient (Wildman–Crippen LogP) is 5.63. The molecule has 4 aromatic rings. The zero-order valence-corrected chi connectivity index (χ0v) is 15.2. The van der Waals surface area contributed by atoms with Crippen LogP contribution in [0.3, 0.4) is 0 Å². The Morgan fingerprint density at radius 2 is 1.68 bits per heavy atom. The smallest absolute Gasteiger partial charge is 0.151 e. The van der Waals surface area contributed by atoms with E-state index in [-0.39, 0.29) is 5.69 Å². The van der Waals surface area contributed by atoms with Crippen LogP contribution in [0, 0.1) is 11.6 Å². The Kier molecular flexibility index (Phi) is 5.19. The number of H-pyrrole nitrogens is 1. The number of nitrogens with zero attached hydrogens (tertiary/aromatic N) is 1. The Hall–Kier alpha value is -3.41. The van der Waals surface area contributed by atoms with Crippen LogP contribution in [-0.2, 0) is 6.42 Å². The number of hydrogen-bond acceptors (Lipinski definition) is 3. The second kappa shape index (κ2) is 8.08. The van der Waals surface area contributed by atoms with Crippen molar-refractivity contribution in [3.63, 3.8) is 0 Å². The maximum atomic E-state index is 14.4. The molecule has 0 saturated carbocycles. The maximum absolute atomic E-state index is 14.4. The highest BCUT2D eigenvalue weighted by Crippen LogP contribution is 2.26. The summed E-state index contributed by atoms with van der Waals surface area (Å²) in [5.74, 6) is -1.24. The Balaban J connectivity index is 1.37. The topological polar surface area (TPSA) is 52.7 Å². The number of halogens is 2. The number of aryl methyl sites for hydroxylation is 1. The second-order valence-corrected chi connectivity index (χ2v) is 6.57. The van der Waals surface area contributed by atoms with E-state index < -0.39 is 11.6 Å². The number of aromatic nitrogens is 2. The molecular formula is C22H20F2N4. The van der Waals surface area contributed by atoms with E-state index in [4.69, 9.17) is 0 Å². The Morgan fingerprint density at radius 1 is 0.929 bits per heavy atom. The molecule has 0 bridgehead atoms. The SMILES string of the molecule is Fc1cc(Nc2ccncc2)cc(F)c1NCCCc1c[nH]c2ccccc12. The molecule has 2 aromatic heterocycles. The highest BCUT2D eigenvalue weighted by Gasteiger charge is 2.11. The predicted molar refractivity (Wildman–Crippen MR) is 109 cm³/mol. The summed E-state index contributed by atoms with van der Waals surface area (Å²) in [6.45, 7) is 0.477. The summed E-state index contributed by atoms with van der Waals surface area (Å²) in [5, 5.41) is 7.04. The molecule has 0 fully saturated rings. The molecule has 0 unspecified atom stereocenters. The maximum Gasteiger partial charge on any atom is 0.151 e. The van der Waals surface area contributed by atoms with E-state index in [1.807, 2.05) is 24.4 Å². The summed E-state index contributed by atoms with van der Waals surface area (Å²) in [6.07, 6.45) is 6.79. The lowest BCUT2D eigenvalue weighted by atomic mass is 10.1. The van der Waals surface area contributed by atoms with E-state index >= 15 is 0 Å². The van der Waals surface area contributed by atoms with E-state index in [0.717, 1.165) is 18.4 Å². The summed E-state index contributed by atoms with van der Waals surface area (Å²) in [6, 6.07) is 14.1. The molecule has 0 atom stereocenters. The van der Waals surface area contributed by atoms with Gasteiger partial charge in [-0.3, -0.25) is 4.98 Å². The molecule has 0 spiro atoms. The van der Waals surface area contributed by atoms with Gasteiger partial charge in [0, 0.05) is 47.4 Å². The molecule has 0 aliphatic heterocycles. The fourth-order valence-corrected chi connectivity index (χ4v) is 3.25. The summed E-state index contributed by atoms with van der Waals surface area (Å²) < 4.78 is 28.7. The summed E-state index contributed by atoms with van der Waals surface area (Å²) in [4.78, 5) is 7.15. The number of pyridine rings is 1. The van der Waals surface area contributed by atoms with Gasteiger partial charge in [-0.2, -0.15) is 0 Å². The summed E-state index contributed by atoms with van der Waals surface area (Å²) in [7, 11) is 0. The first-order valence-corrected chi connectivity index (χ1v) is 9.15. The molecule has 142 valence electrons. The molecule has 0 aliphatic carbocycles. The van der Waals surface area contributed by atoms with Gasteiger partial charge in [0.25, 0.3) is 0 Å². The number of anilines is 3. The van der Waals surface area contributed by atoms with Crippen molar-refractivity contribution in [3.8, 4) is 0 Å². The van der Waals surface area contributed by atoms with Crippen molar-refractivity contribution in [3.05, 3.63) is 84.3 Å². The van der Waals surface area contributed by atoms with Gasteiger partial charge in [-0.1, -0.05) is 18.2 Å². The highest BCUT2D eigenvalue weighted by atomic mass is 19.1. The van der Waals surface area contributed by atoms with Crippen molar-refractivity contribution in [1.29, 1.82) is 0 Å². The molecule has 0 aliphatic rings. The lowest BCUT2D eigenvalue weighted by Crippen LogP contribution is -2.07. The molecule has 6 heteroatoms. The number of hydrogen-bond donors (Lipinski definition) is 3. The van der Waals surface area contributed by atoms with Gasteiger partial charge in [0.2, 0.25) is 0 Å². The zero-order chi connectivity index (χ0) is 19.3. The van der Waals surface area contributed by atoms with E-state index in [1.54, 1.807) is 24.5 Å². The fraction of sp³-hybridized carbons (Fsp3) is 0.136. The molecule has 2 aromatic carbocycles. The average molecular weight is 378 g/mol. The lowest BCUT2D eigenvalue weighted by molar-refractivity contribution is 0.588. The molecular weight excluding hydrogens is 358 g/mol. The number of fused-ring (bicyclic) bond motifs is 1. The first kappa shape index (κ1) is 18.0. The Labute approximate surface area is 161 Å². The van der Waals surface area contributed by atoms with E-state index in [2.05, 4.69) is 26.7 Å². The van der Waals surface area contributed by atoms with Crippen molar-refractivity contribution < 1.29 is 8.78 Å². The van der Waals surface area contributed by atoms with Crippen molar-refractivity contribution in [2.24, 2.45) is 0 Å². The minimum Gasteiger partial charge on any atom is -0.380 e. The quantitative estimate of drug-likeness (QED) is 0.365. The van der Waals surface area contributed by atoms with Gasteiger partial charge in [-0.15, -0.1) is 0 Å². The monoisotopic (exact) mass is 378 g/mol.